The molecule has 3 aromatic rings. The number of hydrogen-bond acceptors (Lipinski definition) is 5. The SMILES string of the molecule is c1ccc2nc(N3CCN(Cc4n[nH]c5c4CCCC5)CC3)cnc2c1. The molecule has 0 saturated carbocycles. The van der Waals surface area contributed by atoms with Gasteiger partial charge in [-0.25, -0.2) is 4.98 Å². The van der Waals surface area contributed by atoms with E-state index in [1.165, 1.54) is 36.2 Å². The Morgan fingerprint density at radius 3 is 2.65 bits per heavy atom. The number of aryl methyl sites for hydroxylation is 1. The lowest BCUT2D eigenvalue weighted by Gasteiger charge is -2.35. The van der Waals surface area contributed by atoms with Crippen LogP contribution in [0.4, 0.5) is 5.82 Å². The summed E-state index contributed by atoms with van der Waals surface area (Å²) >= 11 is 0. The summed E-state index contributed by atoms with van der Waals surface area (Å²) in [7, 11) is 0. The van der Waals surface area contributed by atoms with E-state index in [4.69, 9.17) is 4.98 Å². The summed E-state index contributed by atoms with van der Waals surface area (Å²) in [5, 5.41) is 7.86. The topological polar surface area (TPSA) is 60.9 Å². The zero-order valence-corrected chi connectivity index (χ0v) is 15.0. The second kappa shape index (κ2) is 6.68. The van der Waals surface area contributed by atoms with Crippen molar-refractivity contribution in [2.45, 2.75) is 32.2 Å². The predicted octanol–water partition coefficient (Wildman–Crippen LogP) is 2.55. The number of piperazine rings is 1. The third-order valence-corrected chi connectivity index (χ3v) is 5.65. The lowest BCUT2D eigenvalue weighted by Crippen LogP contribution is -2.46. The molecule has 0 radical (unpaired) electrons. The number of anilines is 1. The van der Waals surface area contributed by atoms with Gasteiger partial charge in [0.2, 0.25) is 0 Å². The van der Waals surface area contributed by atoms with Crippen molar-refractivity contribution in [2.24, 2.45) is 0 Å². The highest BCUT2D eigenvalue weighted by Crippen LogP contribution is 2.24. The van der Waals surface area contributed by atoms with Gasteiger partial charge in [0.05, 0.1) is 22.9 Å². The average Bonchev–Trinajstić information content (AvgIpc) is 3.11. The first-order chi connectivity index (χ1) is 12.9. The minimum absolute atomic E-state index is 0.957. The summed E-state index contributed by atoms with van der Waals surface area (Å²) in [6.07, 6.45) is 6.85. The smallest absolute Gasteiger partial charge is 0.147 e. The number of hydrogen-bond donors (Lipinski definition) is 1. The van der Waals surface area contributed by atoms with E-state index in [1.807, 2.05) is 30.5 Å². The van der Waals surface area contributed by atoms with Gasteiger partial charge in [-0.05, 0) is 43.4 Å². The van der Waals surface area contributed by atoms with Crippen LogP contribution in [0.5, 0.6) is 0 Å². The van der Waals surface area contributed by atoms with Gasteiger partial charge in [0.1, 0.15) is 5.82 Å². The minimum atomic E-state index is 0.957. The van der Waals surface area contributed by atoms with Crippen LogP contribution in [0.1, 0.15) is 29.8 Å². The summed E-state index contributed by atoms with van der Waals surface area (Å²) < 4.78 is 0. The van der Waals surface area contributed by atoms with Gasteiger partial charge in [0.15, 0.2) is 0 Å². The number of aromatic nitrogens is 4. The summed E-state index contributed by atoms with van der Waals surface area (Å²) in [6.45, 7) is 5.01. The molecule has 1 aromatic carbocycles. The van der Waals surface area contributed by atoms with E-state index in [9.17, 15) is 0 Å². The van der Waals surface area contributed by atoms with E-state index in [2.05, 4.69) is 25.0 Å². The molecule has 3 heterocycles. The number of nitrogens with zero attached hydrogens (tertiary/aromatic N) is 5. The molecular weight excluding hydrogens is 324 g/mol. The van der Waals surface area contributed by atoms with Crippen LogP contribution < -0.4 is 4.90 Å². The van der Waals surface area contributed by atoms with Gasteiger partial charge in [-0.15, -0.1) is 0 Å². The monoisotopic (exact) mass is 348 g/mol. The van der Waals surface area contributed by atoms with Crippen LogP contribution in [-0.4, -0.2) is 51.2 Å². The molecule has 0 spiro atoms. The molecule has 1 aliphatic carbocycles. The van der Waals surface area contributed by atoms with Crippen LogP contribution in [0.15, 0.2) is 30.5 Å². The predicted molar refractivity (Wildman–Crippen MR) is 102 cm³/mol. The fraction of sp³-hybridized carbons (Fsp3) is 0.450. The van der Waals surface area contributed by atoms with E-state index in [0.29, 0.717) is 0 Å². The fourth-order valence-electron chi connectivity index (χ4n) is 4.13. The quantitative estimate of drug-likeness (QED) is 0.788. The molecule has 134 valence electrons. The lowest BCUT2D eigenvalue weighted by atomic mass is 9.96. The summed E-state index contributed by atoms with van der Waals surface area (Å²) in [5.74, 6) is 0.987. The van der Waals surface area contributed by atoms with Crippen molar-refractivity contribution in [2.75, 3.05) is 31.1 Å². The maximum Gasteiger partial charge on any atom is 0.147 e. The minimum Gasteiger partial charge on any atom is -0.353 e. The van der Waals surface area contributed by atoms with Crippen LogP contribution in [0.2, 0.25) is 0 Å². The van der Waals surface area contributed by atoms with Gasteiger partial charge in [0.25, 0.3) is 0 Å². The third-order valence-electron chi connectivity index (χ3n) is 5.65. The normalized spacial score (nSPS) is 18.2. The van der Waals surface area contributed by atoms with E-state index < -0.39 is 0 Å². The highest BCUT2D eigenvalue weighted by molar-refractivity contribution is 5.75. The highest BCUT2D eigenvalue weighted by Gasteiger charge is 2.22. The molecule has 1 saturated heterocycles. The van der Waals surface area contributed by atoms with Crippen LogP contribution in [-0.2, 0) is 19.4 Å². The molecule has 26 heavy (non-hydrogen) atoms. The molecule has 5 rings (SSSR count). The van der Waals surface area contributed by atoms with Crippen molar-refractivity contribution >= 4 is 16.9 Å². The first-order valence-corrected chi connectivity index (χ1v) is 9.61. The molecule has 1 aliphatic heterocycles. The Bertz CT molecular complexity index is 910. The number of fused-ring (bicyclic) bond motifs is 2. The van der Waals surface area contributed by atoms with Crippen LogP contribution in [0.25, 0.3) is 11.0 Å². The molecule has 0 unspecified atom stereocenters. The summed E-state index contributed by atoms with van der Waals surface area (Å²) in [6, 6.07) is 8.06. The Morgan fingerprint density at radius 1 is 0.962 bits per heavy atom. The molecule has 1 fully saturated rings. The third kappa shape index (κ3) is 2.94. The van der Waals surface area contributed by atoms with Crippen LogP contribution in [0.3, 0.4) is 0 Å². The molecule has 0 amide bonds. The number of aromatic amines is 1. The van der Waals surface area contributed by atoms with Gasteiger partial charge < -0.3 is 4.90 Å². The maximum atomic E-state index is 4.78. The standard InChI is InChI=1S/C20H24N6/c1-2-6-16-15(5-1)19(24-23-16)14-25-9-11-26(12-10-25)20-13-21-17-7-3-4-8-18(17)22-20/h3-4,7-8,13H,1-2,5-6,9-12,14H2,(H,23,24). The molecule has 1 N–H and O–H groups in total. The largest absolute Gasteiger partial charge is 0.353 e. The van der Waals surface area contributed by atoms with Gasteiger partial charge in [-0.3, -0.25) is 15.0 Å². The first kappa shape index (κ1) is 15.8. The van der Waals surface area contributed by atoms with Crippen LogP contribution >= 0.6 is 0 Å². The molecule has 2 aliphatic rings. The number of rotatable bonds is 3. The second-order valence-electron chi connectivity index (χ2n) is 7.31. The molecule has 6 nitrogen and oxygen atoms in total. The van der Waals surface area contributed by atoms with Gasteiger partial charge in [-0.2, -0.15) is 5.10 Å². The van der Waals surface area contributed by atoms with E-state index in [1.54, 1.807) is 0 Å². The zero-order valence-electron chi connectivity index (χ0n) is 15.0. The van der Waals surface area contributed by atoms with E-state index in [-0.39, 0.29) is 0 Å². The van der Waals surface area contributed by atoms with Crippen molar-refractivity contribution in [3.63, 3.8) is 0 Å². The lowest BCUT2D eigenvalue weighted by molar-refractivity contribution is 0.245. The molecule has 2 aromatic heterocycles. The number of nitrogens with one attached hydrogen (secondary N) is 1. The molecular formula is C20H24N6. The number of para-hydroxylation sites is 2. The Hall–Kier alpha value is -2.47. The average molecular weight is 348 g/mol. The first-order valence-electron chi connectivity index (χ1n) is 9.61. The van der Waals surface area contributed by atoms with Crippen molar-refractivity contribution in [3.8, 4) is 0 Å². The van der Waals surface area contributed by atoms with Crippen molar-refractivity contribution in [1.29, 1.82) is 0 Å². The fourth-order valence-corrected chi connectivity index (χ4v) is 4.13. The molecule has 0 bridgehead atoms. The Morgan fingerprint density at radius 2 is 1.77 bits per heavy atom. The van der Waals surface area contributed by atoms with Crippen molar-refractivity contribution in [1.82, 2.24) is 25.1 Å². The van der Waals surface area contributed by atoms with Crippen molar-refractivity contribution in [3.05, 3.63) is 47.4 Å². The summed E-state index contributed by atoms with van der Waals surface area (Å²) in [4.78, 5) is 14.2. The molecule has 6 heteroatoms. The zero-order chi connectivity index (χ0) is 17.3. The van der Waals surface area contributed by atoms with Gasteiger partial charge in [-0.1, -0.05) is 12.1 Å². The maximum absolute atomic E-state index is 4.78. The summed E-state index contributed by atoms with van der Waals surface area (Å²) in [5.41, 5.74) is 6.04. The Kier molecular flexibility index (Phi) is 4.05. The highest BCUT2D eigenvalue weighted by atomic mass is 15.3. The number of benzene rings is 1. The van der Waals surface area contributed by atoms with E-state index >= 15 is 0 Å². The van der Waals surface area contributed by atoms with Crippen molar-refractivity contribution < 1.29 is 0 Å². The number of H-pyrrole nitrogens is 1. The van der Waals surface area contributed by atoms with Crippen LogP contribution in [0, 0.1) is 0 Å². The molecule has 0 atom stereocenters. The second-order valence-corrected chi connectivity index (χ2v) is 7.31. The van der Waals surface area contributed by atoms with Gasteiger partial charge >= 0.3 is 0 Å². The van der Waals surface area contributed by atoms with E-state index in [0.717, 1.165) is 56.0 Å². The van der Waals surface area contributed by atoms with Gasteiger partial charge in [0, 0.05) is 38.4 Å². The Labute approximate surface area is 153 Å². The Balaban J connectivity index is 1.25.